The van der Waals surface area contributed by atoms with Crippen molar-refractivity contribution in [3.63, 3.8) is 0 Å². The van der Waals surface area contributed by atoms with Gasteiger partial charge in [0.2, 0.25) is 0 Å². The topological polar surface area (TPSA) is 9.23 Å². The number of hydrogen-bond acceptors (Lipinski definition) is 1. The van der Waals surface area contributed by atoms with Gasteiger partial charge in [-0.3, -0.25) is 0 Å². The molecule has 0 saturated heterocycles. The van der Waals surface area contributed by atoms with Crippen molar-refractivity contribution in [2.75, 3.05) is 13.2 Å². The maximum absolute atomic E-state index is 5.55. The van der Waals surface area contributed by atoms with E-state index in [9.17, 15) is 0 Å². The molecule has 1 nitrogen and oxygen atoms in total. The summed E-state index contributed by atoms with van der Waals surface area (Å²) in [5, 5.41) is 0. The minimum atomic E-state index is 0.885. The van der Waals surface area contributed by atoms with E-state index >= 15 is 0 Å². The molecule has 0 radical (unpaired) electrons. The second-order valence-electron chi connectivity index (χ2n) is 5.03. The molecule has 2 fully saturated rings. The number of rotatable bonds is 3. The van der Waals surface area contributed by atoms with Crippen LogP contribution in [0.5, 0.6) is 0 Å². The summed E-state index contributed by atoms with van der Waals surface area (Å²) < 4.78 is 5.55. The lowest BCUT2D eigenvalue weighted by Gasteiger charge is -2.31. The molecule has 1 heteroatoms. The van der Waals surface area contributed by atoms with Crippen molar-refractivity contribution < 1.29 is 4.74 Å². The van der Waals surface area contributed by atoms with Crippen molar-refractivity contribution in [3.05, 3.63) is 0 Å². The Kier molecular flexibility index (Phi) is 2.64. The van der Waals surface area contributed by atoms with E-state index in [0.717, 1.165) is 42.8 Å². The fourth-order valence-electron chi connectivity index (χ4n) is 3.56. The van der Waals surface area contributed by atoms with Gasteiger partial charge in [-0.2, -0.15) is 0 Å². The van der Waals surface area contributed by atoms with Crippen molar-refractivity contribution in [2.24, 2.45) is 29.6 Å². The van der Waals surface area contributed by atoms with Crippen molar-refractivity contribution in [3.8, 4) is 0 Å². The summed E-state index contributed by atoms with van der Waals surface area (Å²) in [6.07, 6.45) is 2.93. The summed E-state index contributed by atoms with van der Waals surface area (Å²) in [6, 6.07) is 0. The molecule has 13 heavy (non-hydrogen) atoms. The van der Waals surface area contributed by atoms with E-state index in [1.165, 1.54) is 12.8 Å². The van der Waals surface area contributed by atoms with Gasteiger partial charge in [0.1, 0.15) is 0 Å². The van der Waals surface area contributed by atoms with Gasteiger partial charge in [-0.15, -0.1) is 0 Å². The Hall–Kier alpha value is -0.0400. The molecule has 2 bridgehead atoms. The maximum atomic E-state index is 5.55. The molecule has 2 aliphatic carbocycles. The molecule has 0 aromatic rings. The fourth-order valence-corrected chi connectivity index (χ4v) is 3.56. The standard InChI is InChI=1S/C12H22O/c1-4-13-7-11-5-10-6-12(11)9(3)8(10)2/h8-12H,4-7H2,1-3H3. The Morgan fingerprint density at radius 2 is 1.92 bits per heavy atom. The predicted octanol–water partition coefficient (Wildman–Crippen LogP) is 2.95. The first-order chi connectivity index (χ1) is 6.24. The Morgan fingerprint density at radius 1 is 1.15 bits per heavy atom. The lowest BCUT2D eigenvalue weighted by Crippen LogP contribution is -2.27. The molecule has 0 spiro atoms. The zero-order valence-electron chi connectivity index (χ0n) is 9.12. The summed E-state index contributed by atoms with van der Waals surface area (Å²) >= 11 is 0. The second-order valence-corrected chi connectivity index (χ2v) is 5.03. The van der Waals surface area contributed by atoms with Gasteiger partial charge < -0.3 is 4.74 Å². The Morgan fingerprint density at radius 3 is 2.46 bits per heavy atom. The van der Waals surface area contributed by atoms with Crippen molar-refractivity contribution in [1.29, 1.82) is 0 Å². The van der Waals surface area contributed by atoms with Gasteiger partial charge in [0, 0.05) is 13.2 Å². The summed E-state index contributed by atoms with van der Waals surface area (Å²) in [5.41, 5.74) is 0. The smallest absolute Gasteiger partial charge is 0.0496 e. The highest BCUT2D eigenvalue weighted by Gasteiger charge is 2.48. The zero-order chi connectivity index (χ0) is 9.42. The Labute approximate surface area is 81.9 Å². The highest BCUT2D eigenvalue weighted by molar-refractivity contribution is 4.97. The largest absolute Gasteiger partial charge is 0.381 e. The molecule has 0 aromatic carbocycles. The van der Waals surface area contributed by atoms with E-state index < -0.39 is 0 Å². The van der Waals surface area contributed by atoms with Gasteiger partial charge in [0.25, 0.3) is 0 Å². The zero-order valence-corrected chi connectivity index (χ0v) is 9.12. The average Bonchev–Trinajstić information content (AvgIpc) is 2.64. The normalized spacial score (nSPS) is 48.7. The van der Waals surface area contributed by atoms with Gasteiger partial charge in [-0.05, 0) is 49.4 Å². The van der Waals surface area contributed by atoms with Crippen LogP contribution in [0, 0.1) is 29.6 Å². The summed E-state index contributed by atoms with van der Waals surface area (Å²) in [6.45, 7) is 8.88. The van der Waals surface area contributed by atoms with Crippen LogP contribution in [0.25, 0.3) is 0 Å². The van der Waals surface area contributed by atoms with E-state index in [4.69, 9.17) is 4.74 Å². The van der Waals surface area contributed by atoms with E-state index in [-0.39, 0.29) is 0 Å². The molecular formula is C12H22O. The third-order valence-electron chi connectivity index (χ3n) is 4.57. The van der Waals surface area contributed by atoms with Gasteiger partial charge in [-0.25, -0.2) is 0 Å². The first-order valence-corrected chi connectivity index (χ1v) is 5.81. The van der Waals surface area contributed by atoms with Gasteiger partial charge in [0.15, 0.2) is 0 Å². The van der Waals surface area contributed by atoms with Crippen LogP contribution < -0.4 is 0 Å². The first-order valence-electron chi connectivity index (χ1n) is 5.81. The highest BCUT2D eigenvalue weighted by Crippen LogP contribution is 2.54. The molecule has 2 aliphatic rings. The Bertz CT molecular complexity index is 176. The number of ether oxygens (including phenoxy) is 1. The van der Waals surface area contributed by atoms with Crippen LogP contribution in [0.1, 0.15) is 33.6 Å². The molecule has 0 amide bonds. The molecule has 2 saturated carbocycles. The molecule has 0 aromatic heterocycles. The van der Waals surface area contributed by atoms with E-state index in [0.29, 0.717) is 0 Å². The predicted molar refractivity (Wildman–Crippen MR) is 54.5 cm³/mol. The molecular weight excluding hydrogens is 160 g/mol. The van der Waals surface area contributed by atoms with Crippen LogP contribution in [0.4, 0.5) is 0 Å². The van der Waals surface area contributed by atoms with Crippen LogP contribution in [0.2, 0.25) is 0 Å². The van der Waals surface area contributed by atoms with Crippen molar-refractivity contribution in [1.82, 2.24) is 0 Å². The third-order valence-corrected chi connectivity index (χ3v) is 4.57. The Balaban J connectivity index is 1.90. The van der Waals surface area contributed by atoms with Gasteiger partial charge >= 0.3 is 0 Å². The molecule has 76 valence electrons. The van der Waals surface area contributed by atoms with Crippen LogP contribution in [0.3, 0.4) is 0 Å². The van der Waals surface area contributed by atoms with Crippen LogP contribution in [-0.4, -0.2) is 13.2 Å². The minimum Gasteiger partial charge on any atom is -0.381 e. The van der Waals surface area contributed by atoms with Gasteiger partial charge in [0.05, 0.1) is 0 Å². The summed E-state index contributed by atoms with van der Waals surface area (Å²) in [5.74, 6) is 4.81. The highest BCUT2D eigenvalue weighted by atomic mass is 16.5. The van der Waals surface area contributed by atoms with Crippen LogP contribution in [0.15, 0.2) is 0 Å². The SMILES string of the molecule is CCOCC1CC2CC1C(C)C2C. The van der Waals surface area contributed by atoms with Crippen LogP contribution in [-0.2, 0) is 4.74 Å². The molecule has 2 rings (SSSR count). The lowest BCUT2D eigenvalue weighted by molar-refractivity contribution is 0.0632. The monoisotopic (exact) mass is 182 g/mol. The quantitative estimate of drug-likeness (QED) is 0.652. The fraction of sp³-hybridized carbons (Fsp3) is 1.00. The van der Waals surface area contributed by atoms with Crippen LogP contribution >= 0.6 is 0 Å². The number of hydrogen-bond donors (Lipinski definition) is 0. The van der Waals surface area contributed by atoms with E-state index in [1.54, 1.807) is 0 Å². The molecule has 5 atom stereocenters. The van der Waals surface area contributed by atoms with E-state index in [1.807, 2.05) is 0 Å². The van der Waals surface area contributed by atoms with Gasteiger partial charge in [-0.1, -0.05) is 13.8 Å². The summed E-state index contributed by atoms with van der Waals surface area (Å²) in [4.78, 5) is 0. The minimum absolute atomic E-state index is 0.885. The lowest BCUT2D eigenvalue weighted by atomic mass is 9.76. The summed E-state index contributed by atoms with van der Waals surface area (Å²) in [7, 11) is 0. The molecule has 0 N–H and O–H groups in total. The third kappa shape index (κ3) is 1.52. The van der Waals surface area contributed by atoms with E-state index in [2.05, 4.69) is 20.8 Å². The second kappa shape index (κ2) is 3.61. The van der Waals surface area contributed by atoms with Crippen molar-refractivity contribution >= 4 is 0 Å². The maximum Gasteiger partial charge on any atom is 0.0496 e. The molecule has 0 aliphatic heterocycles. The number of fused-ring (bicyclic) bond motifs is 2. The molecule has 5 unspecified atom stereocenters. The molecule has 0 heterocycles. The first kappa shape index (κ1) is 9.51. The van der Waals surface area contributed by atoms with Crippen molar-refractivity contribution in [2.45, 2.75) is 33.6 Å². The average molecular weight is 182 g/mol.